The topological polar surface area (TPSA) is 72.7 Å². The molecule has 1 saturated heterocycles. The van der Waals surface area contributed by atoms with Gasteiger partial charge in [-0.2, -0.15) is 0 Å². The second-order valence-electron chi connectivity index (χ2n) is 8.39. The standard InChI is InChI=1S/C26H33N5O3S/c1-4-5-14-31-25(20-6-10-22(33-2)11-7-20)27-28-26(31)35-19-24(32)30-17-15-29(16-18-30)21-8-12-23(34-3)13-9-21/h6-13H,4-5,14-19H2,1-3H3. The lowest BCUT2D eigenvalue weighted by atomic mass is 10.2. The molecule has 0 saturated carbocycles. The van der Waals surface area contributed by atoms with Crippen molar-refractivity contribution < 1.29 is 14.3 Å². The fraction of sp³-hybridized carbons (Fsp3) is 0.423. The van der Waals surface area contributed by atoms with Crippen LogP contribution in [-0.2, 0) is 11.3 Å². The summed E-state index contributed by atoms with van der Waals surface area (Å²) < 4.78 is 12.6. The second-order valence-corrected chi connectivity index (χ2v) is 9.34. The number of amides is 1. The highest BCUT2D eigenvalue weighted by atomic mass is 32.2. The molecule has 0 atom stereocenters. The quantitative estimate of drug-likeness (QED) is 0.390. The highest BCUT2D eigenvalue weighted by Gasteiger charge is 2.23. The van der Waals surface area contributed by atoms with Crippen molar-refractivity contribution in [2.24, 2.45) is 0 Å². The number of methoxy groups -OCH3 is 2. The van der Waals surface area contributed by atoms with Crippen LogP contribution in [0.25, 0.3) is 11.4 Å². The highest BCUT2D eigenvalue weighted by Crippen LogP contribution is 2.27. The van der Waals surface area contributed by atoms with Crippen molar-refractivity contribution in [3.05, 3.63) is 48.5 Å². The molecule has 4 rings (SSSR count). The van der Waals surface area contributed by atoms with Crippen molar-refractivity contribution >= 4 is 23.4 Å². The Morgan fingerprint density at radius 2 is 1.54 bits per heavy atom. The number of aromatic nitrogens is 3. The Morgan fingerprint density at radius 3 is 2.14 bits per heavy atom. The van der Waals surface area contributed by atoms with Gasteiger partial charge in [-0.25, -0.2) is 0 Å². The molecule has 1 fully saturated rings. The van der Waals surface area contributed by atoms with Crippen LogP contribution in [0.2, 0.25) is 0 Å². The first-order chi connectivity index (χ1) is 17.1. The van der Waals surface area contributed by atoms with Crippen molar-refractivity contribution in [2.75, 3.05) is 51.1 Å². The summed E-state index contributed by atoms with van der Waals surface area (Å²) in [5, 5.41) is 9.66. The van der Waals surface area contributed by atoms with E-state index in [4.69, 9.17) is 9.47 Å². The Bertz CT molecular complexity index is 1090. The monoisotopic (exact) mass is 495 g/mol. The summed E-state index contributed by atoms with van der Waals surface area (Å²) in [5.74, 6) is 2.97. The molecule has 0 radical (unpaired) electrons. The van der Waals surface area contributed by atoms with Gasteiger partial charge in [0.05, 0.1) is 20.0 Å². The van der Waals surface area contributed by atoms with Crippen LogP contribution < -0.4 is 14.4 Å². The van der Waals surface area contributed by atoms with Crippen molar-refractivity contribution in [3.63, 3.8) is 0 Å². The molecule has 0 bridgehead atoms. The summed E-state index contributed by atoms with van der Waals surface area (Å²) in [6.07, 6.45) is 2.10. The van der Waals surface area contributed by atoms with Crippen LogP contribution in [0, 0.1) is 0 Å². The Hall–Kier alpha value is -3.20. The molecule has 0 unspecified atom stereocenters. The first-order valence-corrected chi connectivity index (χ1v) is 13.0. The number of ether oxygens (including phenoxy) is 2. The van der Waals surface area contributed by atoms with Crippen LogP contribution in [-0.4, -0.2) is 71.7 Å². The molecule has 2 aromatic carbocycles. The van der Waals surface area contributed by atoms with Gasteiger partial charge in [-0.3, -0.25) is 4.79 Å². The molecule has 0 N–H and O–H groups in total. The zero-order valence-electron chi connectivity index (χ0n) is 20.6. The summed E-state index contributed by atoms with van der Waals surface area (Å²) >= 11 is 1.47. The molecule has 35 heavy (non-hydrogen) atoms. The summed E-state index contributed by atoms with van der Waals surface area (Å²) in [4.78, 5) is 17.2. The average molecular weight is 496 g/mol. The Kier molecular flexibility index (Phi) is 8.52. The third-order valence-electron chi connectivity index (χ3n) is 6.20. The number of carbonyl (C=O) groups excluding carboxylic acids is 1. The van der Waals surface area contributed by atoms with Crippen molar-refractivity contribution in [2.45, 2.75) is 31.5 Å². The maximum atomic E-state index is 13.0. The number of thioether (sulfide) groups is 1. The lowest BCUT2D eigenvalue weighted by Gasteiger charge is -2.36. The average Bonchev–Trinajstić information content (AvgIpc) is 3.33. The minimum absolute atomic E-state index is 0.139. The largest absolute Gasteiger partial charge is 0.497 e. The number of nitrogens with zero attached hydrogens (tertiary/aromatic N) is 5. The normalized spacial score (nSPS) is 13.7. The van der Waals surface area contributed by atoms with Crippen molar-refractivity contribution in [1.82, 2.24) is 19.7 Å². The summed E-state index contributed by atoms with van der Waals surface area (Å²) in [7, 11) is 3.33. The number of anilines is 1. The maximum Gasteiger partial charge on any atom is 0.233 e. The van der Waals surface area contributed by atoms with E-state index in [0.717, 1.165) is 66.2 Å². The number of hydrogen-bond donors (Lipinski definition) is 0. The third-order valence-corrected chi connectivity index (χ3v) is 7.15. The lowest BCUT2D eigenvalue weighted by molar-refractivity contribution is -0.128. The van der Waals surface area contributed by atoms with Crippen LogP contribution in [0.15, 0.2) is 53.7 Å². The number of hydrogen-bond acceptors (Lipinski definition) is 7. The SMILES string of the molecule is CCCCn1c(SCC(=O)N2CCN(c3ccc(OC)cc3)CC2)nnc1-c1ccc(OC)cc1. The molecule has 0 spiro atoms. The lowest BCUT2D eigenvalue weighted by Crippen LogP contribution is -2.49. The zero-order chi connectivity index (χ0) is 24.6. The van der Waals surface area contributed by atoms with Crippen LogP contribution in [0.3, 0.4) is 0 Å². The van der Waals surface area contributed by atoms with E-state index in [0.29, 0.717) is 18.8 Å². The summed E-state index contributed by atoms with van der Waals surface area (Å²) in [6.45, 7) is 6.05. The molecule has 3 aromatic rings. The fourth-order valence-electron chi connectivity index (χ4n) is 4.09. The molecular formula is C26H33N5O3S. The van der Waals surface area contributed by atoms with Gasteiger partial charge >= 0.3 is 0 Å². The second kappa shape index (κ2) is 12.0. The van der Waals surface area contributed by atoms with E-state index >= 15 is 0 Å². The summed E-state index contributed by atoms with van der Waals surface area (Å²) in [6, 6.07) is 15.9. The summed E-state index contributed by atoms with van der Waals surface area (Å²) in [5.41, 5.74) is 2.14. The minimum atomic E-state index is 0.139. The van der Waals surface area contributed by atoms with Crippen molar-refractivity contribution in [3.8, 4) is 22.9 Å². The van der Waals surface area contributed by atoms with E-state index in [1.807, 2.05) is 41.3 Å². The van der Waals surface area contributed by atoms with E-state index in [1.165, 1.54) is 11.8 Å². The highest BCUT2D eigenvalue weighted by molar-refractivity contribution is 7.99. The smallest absolute Gasteiger partial charge is 0.233 e. The number of carbonyl (C=O) groups is 1. The van der Waals surface area contributed by atoms with E-state index in [2.05, 4.69) is 38.7 Å². The molecule has 2 heterocycles. The van der Waals surface area contributed by atoms with Crippen LogP contribution in [0.5, 0.6) is 11.5 Å². The zero-order valence-corrected chi connectivity index (χ0v) is 21.5. The van der Waals surface area contributed by atoms with Gasteiger partial charge < -0.3 is 23.8 Å². The number of benzene rings is 2. The Labute approximate surface area is 211 Å². The molecule has 186 valence electrons. The van der Waals surface area contributed by atoms with Gasteiger partial charge in [0.1, 0.15) is 11.5 Å². The van der Waals surface area contributed by atoms with Crippen molar-refractivity contribution in [1.29, 1.82) is 0 Å². The maximum absolute atomic E-state index is 13.0. The van der Waals surface area contributed by atoms with Crippen LogP contribution >= 0.6 is 11.8 Å². The Morgan fingerprint density at radius 1 is 0.914 bits per heavy atom. The molecule has 1 amide bonds. The minimum Gasteiger partial charge on any atom is -0.497 e. The number of piperazine rings is 1. The molecule has 1 aliphatic heterocycles. The van der Waals surface area contributed by atoms with Gasteiger partial charge in [0.25, 0.3) is 0 Å². The molecule has 1 aliphatic rings. The molecule has 1 aromatic heterocycles. The third kappa shape index (κ3) is 6.08. The van der Waals surface area contributed by atoms with Crippen LogP contribution in [0.4, 0.5) is 5.69 Å². The van der Waals surface area contributed by atoms with E-state index in [1.54, 1.807) is 14.2 Å². The van der Waals surface area contributed by atoms with Gasteiger partial charge in [-0.05, 0) is 55.0 Å². The Balaban J connectivity index is 1.36. The van der Waals surface area contributed by atoms with Gasteiger partial charge in [0.2, 0.25) is 5.91 Å². The predicted molar refractivity (Wildman–Crippen MR) is 139 cm³/mol. The molecular weight excluding hydrogens is 462 g/mol. The van der Waals surface area contributed by atoms with Gasteiger partial charge in [-0.1, -0.05) is 25.1 Å². The first-order valence-electron chi connectivity index (χ1n) is 12.0. The van der Waals surface area contributed by atoms with E-state index in [-0.39, 0.29) is 5.91 Å². The number of unbranched alkanes of at least 4 members (excludes halogenated alkanes) is 1. The molecule has 9 heteroatoms. The van der Waals surface area contributed by atoms with E-state index < -0.39 is 0 Å². The first kappa shape index (κ1) is 24.9. The van der Waals surface area contributed by atoms with Crippen LogP contribution in [0.1, 0.15) is 19.8 Å². The molecule has 8 nitrogen and oxygen atoms in total. The van der Waals surface area contributed by atoms with Gasteiger partial charge in [0, 0.05) is 44.0 Å². The van der Waals surface area contributed by atoms with E-state index in [9.17, 15) is 4.79 Å². The molecule has 0 aliphatic carbocycles. The fourth-order valence-corrected chi connectivity index (χ4v) is 4.96. The van der Waals surface area contributed by atoms with Gasteiger partial charge in [0.15, 0.2) is 11.0 Å². The van der Waals surface area contributed by atoms with Gasteiger partial charge in [-0.15, -0.1) is 10.2 Å². The predicted octanol–water partition coefficient (Wildman–Crippen LogP) is 4.20. The number of rotatable bonds is 10.